The molecule has 16 heavy (non-hydrogen) atoms. The summed E-state index contributed by atoms with van der Waals surface area (Å²) in [6.07, 6.45) is 0. The first kappa shape index (κ1) is 14.4. The minimum Gasteiger partial charge on any atom is -0.483 e. The molecule has 3 nitrogen and oxygen atoms in total. The first-order valence-corrected chi connectivity index (χ1v) is 5.19. The predicted molar refractivity (Wildman–Crippen MR) is 63.4 cm³/mol. The molecule has 0 amide bonds. The molecule has 1 aromatic carbocycles. The third-order valence-electron chi connectivity index (χ3n) is 2.21. The SMILES string of the molecule is CCN(CC)c1ccc(C)cc1F.O=CO. The average Bonchev–Trinajstić information content (AvgIpc) is 2.24. The van der Waals surface area contributed by atoms with Gasteiger partial charge < -0.3 is 10.0 Å². The minimum atomic E-state index is -0.250. The van der Waals surface area contributed by atoms with Crippen LogP contribution in [0.4, 0.5) is 10.1 Å². The standard InChI is InChI=1S/C11H16FN.CH2O2/c1-4-13(5-2)11-7-6-9(3)8-10(11)12;2-1-3/h6-8H,4-5H2,1-3H3;1H,(H,2,3). The number of hydrogen-bond donors (Lipinski definition) is 1. The maximum atomic E-state index is 13.4. The highest BCUT2D eigenvalue weighted by Crippen LogP contribution is 2.19. The lowest BCUT2D eigenvalue weighted by atomic mass is 10.2. The molecule has 0 radical (unpaired) electrons. The fourth-order valence-corrected chi connectivity index (χ4v) is 1.43. The highest BCUT2D eigenvalue weighted by atomic mass is 19.1. The van der Waals surface area contributed by atoms with Crippen molar-refractivity contribution in [3.8, 4) is 0 Å². The van der Waals surface area contributed by atoms with Crippen molar-refractivity contribution >= 4 is 12.2 Å². The summed E-state index contributed by atoms with van der Waals surface area (Å²) in [6.45, 7) is 7.40. The Morgan fingerprint density at radius 2 is 1.88 bits per heavy atom. The number of nitrogens with zero attached hydrogens (tertiary/aromatic N) is 1. The Kier molecular flexibility index (Phi) is 6.92. The lowest BCUT2D eigenvalue weighted by molar-refractivity contribution is -0.122. The van der Waals surface area contributed by atoms with Gasteiger partial charge >= 0.3 is 0 Å². The summed E-state index contributed by atoms with van der Waals surface area (Å²) in [5.41, 5.74) is 1.67. The molecule has 0 bridgehead atoms. The highest BCUT2D eigenvalue weighted by Gasteiger charge is 2.07. The van der Waals surface area contributed by atoms with Gasteiger partial charge in [0.25, 0.3) is 6.47 Å². The van der Waals surface area contributed by atoms with Crippen molar-refractivity contribution in [3.63, 3.8) is 0 Å². The highest BCUT2D eigenvalue weighted by molar-refractivity contribution is 5.48. The van der Waals surface area contributed by atoms with Gasteiger partial charge in [0, 0.05) is 13.1 Å². The summed E-state index contributed by atoms with van der Waals surface area (Å²) in [4.78, 5) is 10.4. The van der Waals surface area contributed by atoms with Crippen molar-refractivity contribution in [1.29, 1.82) is 0 Å². The first-order chi connectivity index (χ1) is 7.60. The molecule has 0 aromatic heterocycles. The van der Waals surface area contributed by atoms with E-state index in [2.05, 4.69) is 0 Å². The largest absolute Gasteiger partial charge is 0.483 e. The molecule has 0 unspecified atom stereocenters. The number of benzene rings is 1. The van der Waals surface area contributed by atoms with Crippen molar-refractivity contribution in [1.82, 2.24) is 0 Å². The Balaban J connectivity index is 0.000000673. The second-order valence-corrected chi connectivity index (χ2v) is 3.23. The molecular weight excluding hydrogens is 209 g/mol. The van der Waals surface area contributed by atoms with E-state index in [9.17, 15) is 4.39 Å². The Morgan fingerprint density at radius 3 is 2.25 bits per heavy atom. The van der Waals surface area contributed by atoms with Crippen LogP contribution in [-0.4, -0.2) is 24.7 Å². The van der Waals surface area contributed by atoms with Crippen LogP contribution < -0.4 is 4.90 Å². The van der Waals surface area contributed by atoms with E-state index in [1.165, 1.54) is 0 Å². The molecule has 90 valence electrons. The molecular formula is C12H18FNO2. The summed E-state index contributed by atoms with van der Waals surface area (Å²) in [7, 11) is 0. The Labute approximate surface area is 95.5 Å². The van der Waals surface area contributed by atoms with E-state index >= 15 is 0 Å². The van der Waals surface area contributed by atoms with Gasteiger partial charge in [-0.05, 0) is 38.5 Å². The third-order valence-corrected chi connectivity index (χ3v) is 2.21. The van der Waals surface area contributed by atoms with Gasteiger partial charge in [0.1, 0.15) is 5.82 Å². The second-order valence-electron chi connectivity index (χ2n) is 3.23. The molecule has 0 aliphatic heterocycles. The van der Waals surface area contributed by atoms with E-state index in [0.29, 0.717) is 5.69 Å². The van der Waals surface area contributed by atoms with Crippen LogP contribution in [-0.2, 0) is 4.79 Å². The molecule has 0 fully saturated rings. The van der Waals surface area contributed by atoms with Crippen LogP contribution in [0.1, 0.15) is 19.4 Å². The van der Waals surface area contributed by atoms with Crippen LogP contribution in [0.15, 0.2) is 18.2 Å². The smallest absolute Gasteiger partial charge is 0.290 e. The van der Waals surface area contributed by atoms with Crippen molar-refractivity contribution in [2.24, 2.45) is 0 Å². The zero-order valence-electron chi connectivity index (χ0n) is 9.90. The van der Waals surface area contributed by atoms with Crippen LogP contribution in [0, 0.1) is 12.7 Å². The zero-order chi connectivity index (χ0) is 12.6. The normalized spacial score (nSPS) is 9.00. The fourth-order valence-electron chi connectivity index (χ4n) is 1.43. The maximum Gasteiger partial charge on any atom is 0.290 e. The molecule has 0 aliphatic carbocycles. The van der Waals surface area contributed by atoms with Crippen molar-refractivity contribution in [2.75, 3.05) is 18.0 Å². The van der Waals surface area contributed by atoms with Gasteiger partial charge in [-0.3, -0.25) is 4.79 Å². The van der Waals surface area contributed by atoms with E-state index in [-0.39, 0.29) is 12.3 Å². The molecule has 4 heteroatoms. The molecule has 1 aromatic rings. The van der Waals surface area contributed by atoms with Crippen molar-refractivity contribution in [2.45, 2.75) is 20.8 Å². The summed E-state index contributed by atoms with van der Waals surface area (Å²) >= 11 is 0. The Bertz CT molecular complexity index is 325. The van der Waals surface area contributed by atoms with Gasteiger partial charge in [-0.1, -0.05) is 6.07 Å². The van der Waals surface area contributed by atoms with E-state index in [0.717, 1.165) is 18.7 Å². The topological polar surface area (TPSA) is 40.5 Å². The summed E-state index contributed by atoms with van der Waals surface area (Å²) < 4.78 is 13.4. The second kappa shape index (κ2) is 7.68. The molecule has 0 spiro atoms. The maximum absolute atomic E-state index is 13.4. The number of hydrogen-bond acceptors (Lipinski definition) is 2. The van der Waals surface area contributed by atoms with E-state index < -0.39 is 0 Å². The molecule has 0 atom stereocenters. The lowest BCUT2D eigenvalue weighted by Gasteiger charge is -2.21. The monoisotopic (exact) mass is 227 g/mol. The summed E-state index contributed by atoms with van der Waals surface area (Å²) in [6, 6.07) is 5.36. The molecule has 0 saturated carbocycles. The van der Waals surface area contributed by atoms with Crippen molar-refractivity contribution < 1.29 is 14.3 Å². The van der Waals surface area contributed by atoms with E-state index in [4.69, 9.17) is 9.90 Å². The predicted octanol–water partition coefficient (Wildman–Crippen LogP) is 2.68. The van der Waals surface area contributed by atoms with Crippen LogP contribution >= 0.6 is 0 Å². The molecule has 0 heterocycles. The van der Waals surface area contributed by atoms with Gasteiger partial charge in [0.2, 0.25) is 0 Å². The number of halogens is 1. The van der Waals surface area contributed by atoms with Crippen LogP contribution in [0.5, 0.6) is 0 Å². The van der Waals surface area contributed by atoms with Gasteiger partial charge in [-0.25, -0.2) is 4.39 Å². The number of anilines is 1. The molecule has 1 rings (SSSR count). The molecule has 1 N–H and O–H groups in total. The lowest BCUT2D eigenvalue weighted by Crippen LogP contribution is -2.22. The van der Waals surface area contributed by atoms with Gasteiger partial charge in [0.05, 0.1) is 5.69 Å². The first-order valence-electron chi connectivity index (χ1n) is 5.19. The van der Waals surface area contributed by atoms with E-state index in [1.807, 2.05) is 37.8 Å². The third kappa shape index (κ3) is 4.29. The average molecular weight is 227 g/mol. The quantitative estimate of drug-likeness (QED) is 0.807. The van der Waals surface area contributed by atoms with Gasteiger partial charge in [0.15, 0.2) is 0 Å². The minimum absolute atomic E-state index is 0.122. The van der Waals surface area contributed by atoms with Crippen LogP contribution in [0.25, 0.3) is 0 Å². The zero-order valence-corrected chi connectivity index (χ0v) is 9.90. The number of rotatable bonds is 3. The number of aryl methyl sites for hydroxylation is 1. The number of carboxylic acid groups (broad SMARTS) is 1. The Morgan fingerprint density at radius 1 is 1.38 bits per heavy atom. The Hall–Kier alpha value is -1.58. The van der Waals surface area contributed by atoms with Gasteiger partial charge in [-0.15, -0.1) is 0 Å². The van der Waals surface area contributed by atoms with Crippen LogP contribution in [0.3, 0.4) is 0 Å². The number of carbonyl (C=O) groups is 1. The van der Waals surface area contributed by atoms with Crippen LogP contribution in [0.2, 0.25) is 0 Å². The van der Waals surface area contributed by atoms with Gasteiger partial charge in [-0.2, -0.15) is 0 Å². The summed E-state index contributed by atoms with van der Waals surface area (Å²) in [5.74, 6) is -0.122. The summed E-state index contributed by atoms with van der Waals surface area (Å²) in [5, 5.41) is 6.89. The fraction of sp³-hybridized carbons (Fsp3) is 0.417. The van der Waals surface area contributed by atoms with E-state index in [1.54, 1.807) is 6.07 Å². The molecule has 0 saturated heterocycles. The molecule has 0 aliphatic rings. The van der Waals surface area contributed by atoms with Crippen molar-refractivity contribution in [3.05, 3.63) is 29.6 Å².